The summed E-state index contributed by atoms with van der Waals surface area (Å²) in [5.41, 5.74) is 0.619. The van der Waals surface area contributed by atoms with E-state index in [-0.39, 0.29) is 21.4 Å². The Hall–Kier alpha value is -0.580. The zero-order valence-electron chi connectivity index (χ0n) is 12.9. The van der Waals surface area contributed by atoms with Gasteiger partial charge in [-0.1, -0.05) is 63.8 Å². The van der Waals surface area contributed by atoms with Gasteiger partial charge in [0.05, 0.1) is 5.02 Å². The second kappa shape index (κ2) is 6.27. The zero-order chi connectivity index (χ0) is 15.7. The van der Waals surface area contributed by atoms with Crippen molar-refractivity contribution in [1.29, 1.82) is 0 Å². The highest BCUT2D eigenvalue weighted by Gasteiger charge is 2.27. The first kappa shape index (κ1) is 16.8. The third-order valence-corrected chi connectivity index (χ3v) is 5.91. The Morgan fingerprint density at radius 1 is 1.24 bits per heavy atom. The molecule has 0 saturated heterocycles. The van der Waals surface area contributed by atoms with Crippen molar-refractivity contribution >= 4 is 21.6 Å². The summed E-state index contributed by atoms with van der Waals surface area (Å²) in [6.45, 7) is 6.04. The van der Waals surface area contributed by atoms with Crippen LogP contribution in [0.15, 0.2) is 17.0 Å². The summed E-state index contributed by atoms with van der Waals surface area (Å²) in [6.07, 6.45) is 5.13. The fourth-order valence-electron chi connectivity index (χ4n) is 2.73. The average Bonchev–Trinajstić information content (AvgIpc) is 2.38. The Morgan fingerprint density at radius 2 is 1.86 bits per heavy atom. The maximum atomic E-state index is 12.6. The Bertz CT molecular complexity index is 599. The predicted molar refractivity (Wildman–Crippen MR) is 86.2 cm³/mol. The molecule has 1 saturated carbocycles. The number of sulfonamides is 1. The van der Waals surface area contributed by atoms with Crippen LogP contribution in [0.25, 0.3) is 0 Å². The van der Waals surface area contributed by atoms with Gasteiger partial charge in [0, 0.05) is 12.1 Å². The maximum Gasteiger partial charge on any atom is 0.242 e. The lowest BCUT2D eigenvalue weighted by Gasteiger charge is -2.25. The highest BCUT2D eigenvalue weighted by Crippen LogP contribution is 2.33. The van der Waals surface area contributed by atoms with Crippen molar-refractivity contribution in [3.63, 3.8) is 0 Å². The van der Waals surface area contributed by atoms with Crippen LogP contribution in [0, 0.1) is 6.07 Å². The standard InChI is InChI=1S/C16H23ClNO2S/c1-16(2,3)13-10-7-11-14(15(13)17)21(19,20)18-12-8-5-4-6-9-12/h7,10,12,18H,4-6,8-9H2,1-3H3. The van der Waals surface area contributed by atoms with Crippen LogP contribution in [0.3, 0.4) is 0 Å². The third-order valence-electron chi connectivity index (χ3n) is 3.90. The third kappa shape index (κ3) is 3.99. The van der Waals surface area contributed by atoms with E-state index in [4.69, 9.17) is 11.6 Å². The van der Waals surface area contributed by atoms with Crippen LogP contribution in [0.4, 0.5) is 0 Å². The van der Waals surface area contributed by atoms with Crippen LogP contribution in [-0.4, -0.2) is 14.5 Å². The number of nitrogens with one attached hydrogen (secondary N) is 1. The van der Waals surface area contributed by atoms with Crippen molar-refractivity contribution in [2.75, 3.05) is 0 Å². The van der Waals surface area contributed by atoms with Crippen LogP contribution >= 0.6 is 11.6 Å². The molecule has 1 aromatic carbocycles. The van der Waals surface area contributed by atoms with Crippen LogP contribution in [0.2, 0.25) is 5.02 Å². The highest BCUT2D eigenvalue weighted by atomic mass is 35.5. The van der Waals surface area contributed by atoms with Gasteiger partial charge in [-0.15, -0.1) is 0 Å². The molecule has 2 rings (SSSR count). The summed E-state index contributed by atoms with van der Waals surface area (Å²) in [7, 11) is -3.61. The van der Waals surface area contributed by atoms with E-state index in [1.807, 2.05) is 26.8 Å². The van der Waals surface area contributed by atoms with Crippen molar-refractivity contribution in [3.8, 4) is 0 Å². The van der Waals surface area contributed by atoms with E-state index in [1.165, 1.54) is 6.42 Å². The smallest absolute Gasteiger partial charge is 0.208 e. The van der Waals surface area contributed by atoms with Crippen LogP contribution < -0.4 is 4.72 Å². The Labute approximate surface area is 133 Å². The molecule has 1 aliphatic rings. The van der Waals surface area contributed by atoms with Crippen molar-refractivity contribution in [2.45, 2.75) is 69.2 Å². The minimum absolute atomic E-state index is 0.0199. The fourth-order valence-corrected chi connectivity index (χ4v) is 4.80. The Balaban J connectivity index is 2.32. The van der Waals surface area contributed by atoms with Crippen molar-refractivity contribution in [3.05, 3.63) is 28.8 Å². The van der Waals surface area contributed by atoms with Gasteiger partial charge in [0.15, 0.2) is 0 Å². The van der Waals surface area contributed by atoms with Gasteiger partial charge in [-0.05, 0) is 23.8 Å². The van der Waals surface area contributed by atoms with Gasteiger partial charge in [0.1, 0.15) is 4.90 Å². The molecular formula is C16H23ClNO2S. The summed E-state index contributed by atoms with van der Waals surface area (Å²) in [4.78, 5) is 0.0714. The first-order valence-corrected chi connectivity index (χ1v) is 9.31. The molecule has 1 radical (unpaired) electrons. The second-order valence-corrected chi connectivity index (χ2v) is 8.77. The van der Waals surface area contributed by atoms with Gasteiger partial charge < -0.3 is 0 Å². The van der Waals surface area contributed by atoms with Crippen LogP contribution in [-0.2, 0) is 15.4 Å². The molecule has 0 heterocycles. The minimum atomic E-state index is -3.61. The first-order chi connectivity index (χ1) is 9.72. The molecule has 1 N–H and O–H groups in total. The summed E-state index contributed by atoms with van der Waals surface area (Å²) < 4.78 is 27.9. The summed E-state index contributed by atoms with van der Waals surface area (Å²) in [5.74, 6) is 0. The Kier molecular flexibility index (Phi) is 5.01. The molecule has 3 nitrogen and oxygen atoms in total. The van der Waals surface area contributed by atoms with Gasteiger partial charge in [0.25, 0.3) is 0 Å². The van der Waals surface area contributed by atoms with Gasteiger partial charge in [-0.25, -0.2) is 13.1 Å². The van der Waals surface area contributed by atoms with Crippen molar-refractivity contribution in [1.82, 2.24) is 4.72 Å². The van der Waals surface area contributed by atoms with E-state index in [2.05, 4.69) is 10.8 Å². The van der Waals surface area contributed by atoms with E-state index >= 15 is 0 Å². The molecule has 117 valence electrons. The molecule has 1 fully saturated rings. The van der Waals surface area contributed by atoms with Crippen molar-refractivity contribution < 1.29 is 8.42 Å². The summed E-state index contributed by atoms with van der Waals surface area (Å²) in [6, 6.07) is 6.29. The lowest BCUT2D eigenvalue weighted by Crippen LogP contribution is -2.36. The largest absolute Gasteiger partial charge is 0.242 e. The van der Waals surface area contributed by atoms with Crippen molar-refractivity contribution in [2.24, 2.45) is 0 Å². The molecule has 1 aliphatic carbocycles. The SMILES string of the molecule is CC(C)(C)c1cc[c]c(S(=O)(=O)NC2CCCCC2)c1Cl. The lowest BCUT2D eigenvalue weighted by molar-refractivity contribution is 0.412. The van der Waals surface area contributed by atoms with E-state index < -0.39 is 10.0 Å². The zero-order valence-corrected chi connectivity index (χ0v) is 14.4. The molecule has 0 atom stereocenters. The molecular weight excluding hydrogens is 306 g/mol. The topological polar surface area (TPSA) is 46.2 Å². The molecule has 0 spiro atoms. The van der Waals surface area contributed by atoms with Crippen LogP contribution in [0.1, 0.15) is 58.4 Å². The molecule has 0 bridgehead atoms. The summed E-state index contributed by atoms with van der Waals surface area (Å²) >= 11 is 6.35. The number of hydrogen-bond acceptors (Lipinski definition) is 2. The predicted octanol–water partition coefficient (Wildman–Crippen LogP) is 4.05. The molecule has 5 heteroatoms. The molecule has 0 aromatic heterocycles. The normalized spacial score (nSPS) is 17.9. The number of rotatable bonds is 3. The quantitative estimate of drug-likeness (QED) is 0.909. The molecule has 21 heavy (non-hydrogen) atoms. The monoisotopic (exact) mass is 328 g/mol. The fraction of sp³-hybridized carbons (Fsp3) is 0.625. The first-order valence-electron chi connectivity index (χ1n) is 7.45. The van der Waals surface area contributed by atoms with Gasteiger partial charge in [0.2, 0.25) is 10.0 Å². The molecule has 0 unspecified atom stereocenters. The second-order valence-electron chi connectivity index (χ2n) is 6.74. The van der Waals surface area contributed by atoms with E-state index in [1.54, 1.807) is 6.07 Å². The minimum Gasteiger partial charge on any atom is -0.208 e. The highest BCUT2D eigenvalue weighted by molar-refractivity contribution is 7.89. The number of halogens is 1. The number of benzene rings is 1. The van der Waals surface area contributed by atoms with E-state index in [0.29, 0.717) is 0 Å². The lowest BCUT2D eigenvalue weighted by atomic mass is 9.87. The molecule has 0 aliphatic heterocycles. The molecule has 1 aromatic rings. The maximum absolute atomic E-state index is 12.6. The van der Waals surface area contributed by atoms with Gasteiger partial charge in [-0.3, -0.25) is 0 Å². The summed E-state index contributed by atoms with van der Waals surface area (Å²) in [5, 5.41) is 0.285. The van der Waals surface area contributed by atoms with Gasteiger partial charge in [-0.2, -0.15) is 0 Å². The average molecular weight is 329 g/mol. The molecule has 0 amide bonds. The van der Waals surface area contributed by atoms with E-state index in [0.717, 1.165) is 31.2 Å². The number of hydrogen-bond donors (Lipinski definition) is 1. The van der Waals surface area contributed by atoms with E-state index in [9.17, 15) is 8.42 Å². The van der Waals surface area contributed by atoms with Gasteiger partial charge >= 0.3 is 0 Å². The Morgan fingerprint density at radius 3 is 2.43 bits per heavy atom. The van der Waals surface area contributed by atoms with Crippen LogP contribution in [0.5, 0.6) is 0 Å².